The van der Waals surface area contributed by atoms with Crippen LogP contribution in [0.3, 0.4) is 0 Å². The summed E-state index contributed by atoms with van der Waals surface area (Å²) in [5.74, 6) is 1.24. The van der Waals surface area contributed by atoms with Gasteiger partial charge in [0.15, 0.2) is 5.17 Å². The third-order valence-corrected chi connectivity index (χ3v) is 5.73. The molecule has 19 heavy (non-hydrogen) atoms. The van der Waals surface area contributed by atoms with Crippen LogP contribution in [0.25, 0.3) is 0 Å². The highest BCUT2D eigenvalue weighted by molar-refractivity contribution is 8.14. The van der Waals surface area contributed by atoms with E-state index in [-0.39, 0.29) is 0 Å². The summed E-state index contributed by atoms with van der Waals surface area (Å²) in [6.45, 7) is 7.96. The molecule has 1 heterocycles. The molecule has 1 spiro atoms. The Balaban J connectivity index is 1.79. The van der Waals surface area contributed by atoms with Gasteiger partial charge in [-0.1, -0.05) is 64.6 Å². The molecule has 2 aliphatic rings. The van der Waals surface area contributed by atoms with Crippen LogP contribution < -0.4 is 5.32 Å². The van der Waals surface area contributed by atoms with E-state index in [2.05, 4.69) is 26.1 Å². The predicted molar refractivity (Wildman–Crippen MR) is 87.0 cm³/mol. The van der Waals surface area contributed by atoms with Crippen LogP contribution in [0.15, 0.2) is 4.99 Å². The number of rotatable bonds is 6. The van der Waals surface area contributed by atoms with Crippen molar-refractivity contribution < 1.29 is 0 Å². The van der Waals surface area contributed by atoms with Gasteiger partial charge < -0.3 is 5.32 Å². The molecule has 3 heteroatoms. The Morgan fingerprint density at radius 1 is 1.26 bits per heavy atom. The van der Waals surface area contributed by atoms with E-state index in [1.54, 1.807) is 0 Å². The summed E-state index contributed by atoms with van der Waals surface area (Å²) in [7, 11) is 0. The number of aliphatic imine (C=N–C) groups is 1. The van der Waals surface area contributed by atoms with Crippen molar-refractivity contribution in [1.29, 1.82) is 0 Å². The Morgan fingerprint density at radius 2 is 2.00 bits per heavy atom. The fourth-order valence-corrected chi connectivity index (χ4v) is 4.35. The Bertz CT molecular complexity index is 317. The molecule has 110 valence electrons. The maximum Gasteiger partial charge on any atom is 0.157 e. The van der Waals surface area contributed by atoms with Crippen LogP contribution in [0, 0.1) is 5.41 Å². The minimum Gasteiger partial charge on any atom is -0.359 e. The number of amidine groups is 1. The lowest BCUT2D eigenvalue weighted by Crippen LogP contribution is -2.40. The van der Waals surface area contributed by atoms with Crippen molar-refractivity contribution in [3.63, 3.8) is 0 Å². The minimum absolute atomic E-state index is 0.357. The molecule has 1 N–H and O–H groups in total. The van der Waals surface area contributed by atoms with E-state index in [9.17, 15) is 0 Å². The summed E-state index contributed by atoms with van der Waals surface area (Å²) in [6, 6.07) is 0. The summed E-state index contributed by atoms with van der Waals surface area (Å²) in [5, 5.41) is 4.93. The molecule has 0 radical (unpaired) electrons. The molecule has 1 aliphatic carbocycles. The molecule has 2 fully saturated rings. The van der Waals surface area contributed by atoms with Gasteiger partial charge in [0.05, 0.1) is 0 Å². The molecule has 2 nitrogen and oxygen atoms in total. The normalized spacial score (nSPS) is 24.3. The number of hydrogen-bond acceptors (Lipinski definition) is 2. The Labute approximate surface area is 123 Å². The molecule has 1 saturated heterocycles. The summed E-state index contributed by atoms with van der Waals surface area (Å²) < 4.78 is 0. The van der Waals surface area contributed by atoms with Crippen LogP contribution in [-0.2, 0) is 0 Å². The fraction of sp³-hybridized carbons (Fsp3) is 0.938. The maximum absolute atomic E-state index is 4.86. The first-order chi connectivity index (χ1) is 9.05. The van der Waals surface area contributed by atoms with Crippen molar-refractivity contribution in [3.05, 3.63) is 0 Å². The lowest BCUT2D eigenvalue weighted by atomic mass is 9.87. The van der Waals surface area contributed by atoms with E-state index in [4.69, 9.17) is 4.99 Å². The van der Waals surface area contributed by atoms with Gasteiger partial charge in [0.25, 0.3) is 0 Å². The van der Waals surface area contributed by atoms with Crippen molar-refractivity contribution in [1.82, 2.24) is 5.32 Å². The van der Waals surface area contributed by atoms with Gasteiger partial charge in [0.1, 0.15) is 0 Å². The molecule has 1 aliphatic heterocycles. The lowest BCUT2D eigenvalue weighted by Gasteiger charge is -2.24. The summed E-state index contributed by atoms with van der Waals surface area (Å²) in [6.07, 6.45) is 10.8. The average Bonchev–Trinajstić information content (AvgIpc) is 2.98. The fourth-order valence-electron chi connectivity index (χ4n) is 3.13. The molecule has 0 atom stereocenters. The average molecular weight is 282 g/mol. The summed E-state index contributed by atoms with van der Waals surface area (Å²) in [5.41, 5.74) is 0.770. The lowest BCUT2D eigenvalue weighted by molar-refractivity contribution is 0.333. The van der Waals surface area contributed by atoms with Crippen molar-refractivity contribution in [2.75, 3.05) is 12.3 Å². The monoisotopic (exact) mass is 282 g/mol. The molecule has 0 aromatic rings. The second-order valence-electron chi connectivity index (χ2n) is 7.14. The van der Waals surface area contributed by atoms with E-state index < -0.39 is 0 Å². The van der Waals surface area contributed by atoms with E-state index in [0.29, 0.717) is 11.0 Å². The number of hydrogen-bond donors (Lipinski definition) is 1. The molecular weight excluding hydrogens is 252 g/mol. The van der Waals surface area contributed by atoms with E-state index in [1.165, 1.54) is 62.3 Å². The standard InChI is InChI=1S/C16H30N2S/c1-4-5-6-9-15(2,3)12-17-14-18-16(13-19-14)10-7-8-11-16/h4-13H2,1-3H3,(H,17,18). The van der Waals surface area contributed by atoms with Crippen LogP contribution in [0.4, 0.5) is 0 Å². The number of thioether (sulfide) groups is 1. The second kappa shape index (κ2) is 6.51. The first-order valence-corrected chi connectivity index (χ1v) is 8.99. The highest BCUT2D eigenvalue weighted by Crippen LogP contribution is 2.37. The van der Waals surface area contributed by atoms with Gasteiger partial charge >= 0.3 is 0 Å². The number of unbranched alkanes of at least 4 members (excludes halogenated alkanes) is 2. The Morgan fingerprint density at radius 3 is 2.68 bits per heavy atom. The van der Waals surface area contributed by atoms with Crippen LogP contribution >= 0.6 is 11.8 Å². The third kappa shape index (κ3) is 4.40. The first-order valence-electron chi connectivity index (χ1n) is 8.01. The molecule has 1 saturated carbocycles. The molecule has 0 unspecified atom stereocenters. The number of nitrogens with zero attached hydrogens (tertiary/aromatic N) is 1. The Kier molecular flexibility index (Phi) is 5.22. The van der Waals surface area contributed by atoms with E-state index >= 15 is 0 Å². The topological polar surface area (TPSA) is 24.4 Å². The summed E-state index contributed by atoms with van der Waals surface area (Å²) >= 11 is 1.95. The van der Waals surface area contributed by atoms with Crippen LogP contribution in [0.1, 0.15) is 72.1 Å². The van der Waals surface area contributed by atoms with Crippen molar-refractivity contribution in [2.45, 2.75) is 77.7 Å². The quantitative estimate of drug-likeness (QED) is 0.720. The zero-order valence-electron chi connectivity index (χ0n) is 12.9. The number of nitrogens with one attached hydrogen (secondary N) is 1. The first kappa shape index (κ1) is 15.2. The summed E-state index contributed by atoms with van der Waals surface area (Å²) in [4.78, 5) is 4.86. The van der Waals surface area contributed by atoms with Crippen LogP contribution in [0.5, 0.6) is 0 Å². The Hall–Kier alpha value is -0.180. The maximum atomic E-state index is 4.86. The van der Waals surface area contributed by atoms with Gasteiger partial charge in [-0.3, -0.25) is 4.99 Å². The van der Waals surface area contributed by atoms with E-state index in [0.717, 1.165) is 6.54 Å². The molecular formula is C16H30N2S. The molecule has 0 aromatic heterocycles. The minimum atomic E-state index is 0.357. The second-order valence-corrected chi connectivity index (χ2v) is 8.11. The van der Waals surface area contributed by atoms with Crippen molar-refractivity contribution >= 4 is 16.9 Å². The molecule has 0 aromatic carbocycles. The van der Waals surface area contributed by atoms with Gasteiger partial charge in [-0.15, -0.1) is 0 Å². The van der Waals surface area contributed by atoms with E-state index in [1.807, 2.05) is 11.8 Å². The van der Waals surface area contributed by atoms with Gasteiger partial charge in [-0.2, -0.15) is 0 Å². The largest absolute Gasteiger partial charge is 0.359 e. The third-order valence-electron chi connectivity index (χ3n) is 4.53. The molecule has 0 bridgehead atoms. The zero-order chi connectivity index (χ0) is 13.8. The zero-order valence-corrected chi connectivity index (χ0v) is 13.7. The highest BCUT2D eigenvalue weighted by atomic mass is 32.2. The molecule has 2 rings (SSSR count). The smallest absolute Gasteiger partial charge is 0.157 e. The molecule has 0 amide bonds. The van der Waals surface area contributed by atoms with Crippen LogP contribution in [0.2, 0.25) is 0 Å². The van der Waals surface area contributed by atoms with Gasteiger partial charge in [-0.25, -0.2) is 0 Å². The highest BCUT2D eigenvalue weighted by Gasteiger charge is 2.39. The van der Waals surface area contributed by atoms with Gasteiger partial charge in [0.2, 0.25) is 0 Å². The predicted octanol–water partition coefficient (Wildman–Crippen LogP) is 4.60. The SMILES string of the molecule is CCCCCC(C)(C)CN=C1NC2(CCCC2)CS1. The van der Waals surface area contributed by atoms with Crippen molar-refractivity contribution in [3.8, 4) is 0 Å². The van der Waals surface area contributed by atoms with Crippen LogP contribution in [-0.4, -0.2) is 23.0 Å². The van der Waals surface area contributed by atoms with Gasteiger partial charge in [0, 0.05) is 17.8 Å². The van der Waals surface area contributed by atoms with Crippen molar-refractivity contribution in [2.24, 2.45) is 10.4 Å². The van der Waals surface area contributed by atoms with Gasteiger partial charge in [-0.05, 0) is 24.7 Å².